The Morgan fingerprint density at radius 3 is 2.91 bits per heavy atom. The van der Waals surface area contributed by atoms with E-state index in [2.05, 4.69) is 5.32 Å². The quantitative estimate of drug-likeness (QED) is 0.895. The van der Waals surface area contributed by atoms with E-state index in [0.717, 1.165) is 19.4 Å². The maximum absolute atomic E-state index is 12.2. The van der Waals surface area contributed by atoms with Crippen LogP contribution in [0.15, 0.2) is 48.5 Å². The Kier molecular flexibility index (Phi) is 5.16. The van der Waals surface area contributed by atoms with Crippen LogP contribution in [-0.2, 0) is 4.74 Å². The maximum atomic E-state index is 12.2. The van der Waals surface area contributed by atoms with E-state index >= 15 is 0 Å². The number of hydrogen-bond donors (Lipinski definition) is 1. The lowest BCUT2D eigenvalue weighted by molar-refractivity contribution is 0.0680. The number of ether oxygens (including phenoxy) is 2. The summed E-state index contributed by atoms with van der Waals surface area (Å²) in [5, 5.41) is 3.38. The van der Waals surface area contributed by atoms with Crippen LogP contribution in [0.3, 0.4) is 0 Å². The molecule has 0 aliphatic carbocycles. The van der Waals surface area contributed by atoms with Gasteiger partial charge in [-0.1, -0.05) is 23.7 Å². The highest BCUT2D eigenvalue weighted by atomic mass is 35.5. The molecule has 23 heavy (non-hydrogen) atoms. The molecule has 1 fully saturated rings. The van der Waals surface area contributed by atoms with Crippen LogP contribution in [0.2, 0.25) is 5.02 Å². The number of anilines is 1. The Labute approximate surface area is 140 Å². The fraction of sp³-hybridized carbons (Fsp3) is 0.278. The van der Waals surface area contributed by atoms with Crippen LogP contribution in [0.5, 0.6) is 5.75 Å². The van der Waals surface area contributed by atoms with Gasteiger partial charge < -0.3 is 14.8 Å². The standard InChI is InChI=1S/C18H18ClNO3/c19-14-5-1-4-13(10-14)18(21)20-15-6-2-7-16(11-15)23-12-17-8-3-9-22-17/h1-2,4-7,10-11,17H,3,8-9,12H2,(H,20,21). The second-order valence-corrected chi connectivity index (χ2v) is 5.87. The van der Waals surface area contributed by atoms with Crippen LogP contribution in [0, 0.1) is 0 Å². The molecule has 3 rings (SSSR count). The summed E-state index contributed by atoms with van der Waals surface area (Å²) in [7, 11) is 0. The SMILES string of the molecule is O=C(Nc1cccc(OCC2CCCO2)c1)c1cccc(Cl)c1. The molecule has 0 aromatic heterocycles. The molecule has 0 radical (unpaired) electrons. The number of amides is 1. The zero-order valence-electron chi connectivity index (χ0n) is 12.6. The van der Waals surface area contributed by atoms with Gasteiger partial charge in [0, 0.05) is 28.9 Å². The van der Waals surface area contributed by atoms with Crippen molar-refractivity contribution in [2.75, 3.05) is 18.5 Å². The van der Waals surface area contributed by atoms with Crippen LogP contribution in [0.25, 0.3) is 0 Å². The number of rotatable bonds is 5. The molecule has 2 aromatic carbocycles. The van der Waals surface area contributed by atoms with Gasteiger partial charge in [0.2, 0.25) is 0 Å². The molecule has 1 heterocycles. The molecule has 2 aromatic rings. The Morgan fingerprint density at radius 1 is 1.26 bits per heavy atom. The lowest BCUT2D eigenvalue weighted by Gasteiger charge is -2.12. The second kappa shape index (κ2) is 7.49. The molecule has 1 aliphatic rings. The van der Waals surface area contributed by atoms with Crippen LogP contribution in [-0.4, -0.2) is 25.2 Å². The van der Waals surface area contributed by atoms with Crippen molar-refractivity contribution in [1.29, 1.82) is 0 Å². The Balaban J connectivity index is 1.61. The average molecular weight is 332 g/mol. The van der Waals surface area contributed by atoms with Gasteiger partial charge in [0.25, 0.3) is 5.91 Å². The molecule has 0 spiro atoms. The summed E-state index contributed by atoms with van der Waals surface area (Å²) in [6.07, 6.45) is 2.29. The van der Waals surface area contributed by atoms with Crippen LogP contribution in [0.1, 0.15) is 23.2 Å². The predicted molar refractivity (Wildman–Crippen MR) is 90.3 cm³/mol. The summed E-state index contributed by atoms with van der Waals surface area (Å²) < 4.78 is 11.3. The van der Waals surface area contributed by atoms with Crippen molar-refractivity contribution in [3.05, 3.63) is 59.1 Å². The highest BCUT2D eigenvalue weighted by molar-refractivity contribution is 6.31. The van der Waals surface area contributed by atoms with E-state index in [-0.39, 0.29) is 12.0 Å². The highest BCUT2D eigenvalue weighted by Crippen LogP contribution is 2.20. The van der Waals surface area contributed by atoms with Gasteiger partial charge >= 0.3 is 0 Å². The molecule has 1 aliphatic heterocycles. The number of carbonyl (C=O) groups is 1. The van der Waals surface area contributed by atoms with Crippen LogP contribution >= 0.6 is 11.6 Å². The van der Waals surface area contributed by atoms with E-state index in [1.54, 1.807) is 30.3 Å². The summed E-state index contributed by atoms with van der Waals surface area (Å²) >= 11 is 5.91. The maximum Gasteiger partial charge on any atom is 0.255 e. The second-order valence-electron chi connectivity index (χ2n) is 5.44. The highest BCUT2D eigenvalue weighted by Gasteiger charge is 2.16. The number of carbonyl (C=O) groups excluding carboxylic acids is 1. The third-order valence-electron chi connectivity index (χ3n) is 3.64. The lowest BCUT2D eigenvalue weighted by atomic mass is 10.2. The van der Waals surface area contributed by atoms with E-state index in [0.29, 0.717) is 28.6 Å². The first-order valence-corrected chi connectivity index (χ1v) is 8.00. The minimum atomic E-state index is -0.205. The van der Waals surface area contributed by atoms with Crippen molar-refractivity contribution in [3.63, 3.8) is 0 Å². The average Bonchev–Trinajstić information content (AvgIpc) is 3.07. The van der Waals surface area contributed by atoms with Crippen molar-refractivity contribution in [3.8, 4) is 5.75 Å². The molecule has 0 saturated carbocycles. The zero-order chi connectivity index (χ0) is 16.1. The first-order chi connectivity index (χ1) is 11.2. The number of halogens is 1. The summed E-state index contributed by atoms with van der Waals surface area (Å²) in [5.41, 5.74) is 1.20. The molecule has 120 valence electrons. The monoisotopic (exact) mass is 331 g/mol. The van der Waals surface area contributed by atoms with E-state index in [9.17, 15) is 4.79 Å². The fourth-order valence-corrected chi connectivity index (χ4v) is 2.65. The molecule has 1 unspecified atom stereocenters. The summed E-state index contributed by atoms with van der Waals surface area (Å²) in [6, 6.07) is 14.2. The zero-order valence-corrected chi connectivity index (χ0v) is 13.4. The van der Waals surface area contributed by atoms with Gasteiger partial charge in [-0.05, 0) is 43.2 Å². The largest absolute Gasteiger partial charge is 0.491 e. The third kappa shape index (κ3) is 4.47. The topological polar surface area (TPSA) is 47.6 Å². The molecule has 5 heteroatoms. The van der Waals surface area contributed by atoms with Crippen molar-refractivity contribution in [2.45, 2.75) is 18.9 Å². The first-order valence-electron chi connectivity index (χ1n) is 7.62. The molecular weight excluding hydrogens is 314 g/mol. The molecule has 1 saturated heterocycles. The molecule has 0 bridgehead atoms. The molecule has 1 N–H and O–H groups in total. The Bertz CT molecular complexity index is 683. The molecule has 1 amide bonds. The Hall–Kier alpha value is -2.04. The van der Waals surface area contributed by atoms with Gasteiger partial charge in [-0.15, -0.1) is 0 Å². The van der Waals surface area contributed by atoms with Gasteiger partial charge in [-0.2, -0.15) is 0 Å². The van der Waals surface area contributed by atoms with Crippen molar-refractivity contribution in [2.24, 2.45) is 0 Å². The lowest BCUT2D eigenvalue weighted by Crippen LogP contribution is -2.16. The first kappa shape index (κ1) is 15.8. The van der Waals surface area contributed by atoms with Crippen molar-refractivity contribution in [1.82, 2.24) is 0 Å². The fourth-order valence-electron chi connectivity index (χ4n) is 2.46. The number of benzene rings is 2. The smallest absolute Gasteiger partial charge is 0.255 e. The summed E-state index contributed by atoms with van der Waals surface area (Å²) in [4.78, 5) is 12.2. The van der Waals surface area contributed by atoms with Gasteiger partial charge in [-0.3, -0.25) is 4.79 Å². The van der Waals surface area contributed by atoms with Crippen molar-refractivity contribution >= 4 is 23.2 Å². The minimum absolute atomic E-state index is 0.166. The molecule has 1 atom stereocenters. The predicted octanol–water partition coefficient (Wildman–Crippen LogP) is 4.15. The van der Waals surface area contributed by atoms with Crippen LogP contribution < -0.4 is 10.1 Å². The van der Waals surface area contributed by atoms with E-state index < -0.39 is 0 Å². The van der Waals surface area contributed by atoms with Gasteiger partial charge in [0.1, 0.15) is 12.4 Å². The summed E-state index contributed by atoms with van der Waals surface area (Å²) in [6.45, 7) is 1.34. The number of nitrogens with one attached hydrogen (secondary N) is 1. The molecular formula is C18H18ClNO3. The Morgan fingerprint density at radius 2 is 2.13 bits per heavy atom. The van der Waals surface area contributed by atoms with Crippen molar-refractivity contribution < 1.29 is 14.3 Å². The normalized spacial score (nSPS) is 17.0. The van der Waals surface area contributed by atoms with Gasteiger partial charge in [0.05, 0.1) is 6.10 Å². The van der Waals surface area contributed by atoms with E-state index in [1.807, 2.05) is 18.2 Å². The number of hydrogen-bond acceptors (Lipinski definition) is 3. The van der Waals surface area contributed by atoms with Gasteiger partial charge in [-0.25, -0.2) is 0 Å². The van der Waals surface area contributed by atoms with E-state index in [1.165, 1.54) is 0 Å². The van der Waals surface area contributed by atoms with E-state index in [4.69, 9.17) is 21.1 Å². The van der Waals surface area contributed by atoms with Crippen LogP contribution in [0.4, 0.5) is 5.69 Å². The summed E-state index contributed by atoms with van der Waals surface area (Å²) in [5.74, 6) is 0.508. The molecule has 4 nitrogen and oxygen atoms in total. The van der Waals surface area contributed by atoms with Gasteiger partial charge in [0.15, 0.2) is 0 Å². The minimum Gasteiger partial charge on any atom is -0.491 e. The third-order valence-corrected chi connectivity index (χ3v) is 3.87.